The summed E-state index contributed by atoms with van der Waals surface area (Å²) in [7, 11) is 0. The second-order valence-corrected chi connectivity index (χ2v) is 9.58. The number of imide groups is 1. The molecule has 0 fully saturated rings. The summed E-state index contributed by atoms with van der Waals surface area (Å²) in [5.74, 6) is -0.679. The molecule has 10 heteroatoms. The number of amides is 2. The molecule has 0 saturated carbocycles. The van der Waals surface area contributed by atoms with Crippen molar-refractivity contribution in [2.24, 2.45) is 0 Å². The van der Waals surface area contributed by atoms with Gasteiger partial charge in [0.25, 0.3) is 11.8 Å². The fraction of sp³-hybridized carbons (Fsp3) is 0. The van der Waals surface area contributed by atoms with Gasteiger partial charge in [-0.1, -0.05) is 30.3 Å². The van der Waals surface area contributed by atoms with Crippen LogP contribution in [0.25, 0.3) is 44.6 Å². The normalized spacial score (nSPS) is 11.7. The van der Waals surface area contributed by atoms with E-state index < -0.39 is 0 Å². The molecule has 0 N–H and O–H groups in total. The van der Waals surface area contributed by atoms with Crippen LogP contribution in [0.3, 0.4) is 0 Å². The molecule has 0 bridgehead atoms. The van der Waals surface area contributed by atoms with E-state index in [2.05, 4.69) is 29.9 Å². The van der Waals surface area contributed by atoms with Gasteiger partial charge in [-0.3, -0.25) is 39.5 Å². The number of aromatic nitrogens is 6. The van der Waals surface area contributed by atoms with Crippen LogP contribution in [0.15, 0.2) is 152 Å². The Kier molecular flexibility index (Phi) is 10.5. The standard InChI is InChI=1S/C16H9N3O2.2C10H8N2.Ru/c20-13-5-6-14(21)19(13)12-9-10-3-1-7-17-15(10)16-11(12)4-2-8-18-16;2*1-3-7-11-9(5-1)10-6-2-4-8-12-10;/h1-9H;2*1-8H;/q;;;+2. The van der Waals surface area contributed by atoms with Gasteiger partial charge in [0, 0.05) is 60.1 Å². The average Bonchev–Trinajstić information content (AvgIpc) is 3.47. The Hall–Kier alpha value is -5.86. The van der Waals surface area contributed by atoms with Gasteiger partial charge in [0.15, 0.2) is 0 Å². The van der Waals surface area contributed by atoms with Crippen LogP contribution in [0.2, 0.25) is 0 Å². The molecule has 222 valence electrons. The van der Waals surface area contributed by atoms with Crippen LogP contribution in [-0.4, -0.2) is 41.7 Å². The number of rotatable bonds is 3. The number of anilines is 1. The number of carbonyl (C=O) groups is 2. The van der Waals surface area contributed by atoms with Crippen molar-refractivity contribution in [3.05, 3.63) is 152 Å². The molecule has 7 aromatic rings. The number of nitrogens with zero attached hydrogens (tertiary/aromatic N) is 7. The van der Waals surface area contributed by atoms with Crippen LogP contribution in [0, 0.1) is 0 Å². The van der Waals surface area contributed by atoms with Crippen LogP contribution < -0.4 is 4.90 Å². The van der Waals surface area contributed by atoms with E-state index in [1.54, 1.807) is 49.3 Å². The van der Waals surface area contributed by atoms with Crippen LogP contribution in [0.1, 0.15) is 0 Å². The van der Waals surface area contributed by atoms with Crippen LogP contribution in [0.4, 0.5) is 5.69 Å². The Morgan fingerprint density at radius 1 is 0.435 bits per heavy atom. The Labute approximate surface area is 277 Å². The van der Waals surface area contributed by atoms with E-state index in [0.717, 1.165) is 44.0 Å². The van der Waals surface area contributed by atoms with E-state index in [1.807, 2.05) is 91.0 Å². The largest absolute Gasteiger partial charge is 2.00 e. The number of pyridine rings is 6. The van der Waals surface area contributed by atoms with Gasteiger partial charge >= 0.3 is 19.5 Å². The van der Waals surface area contributed by atoms with Crippen molar-refractivity contribution in [2.45, 2.75) is 0 Å². The molecule has 0 radical (unpaired) electrons. The summed E-state index contributed by atoms with van der Waals surface area (Å²) in [6.45, 7) is 0. The van der Waals surface area contributed by atoms with Crippen molar-refractivity contribution >= 4 is 39.3 Å². The number of hydrogen-bond donors (Lipinski definition) is 0. The molecular formula is C36H25N7O2Ru+2. The smallest absolute Gasteiger partial charge is 0.269 e. The Morgan fingerprint density at radius 2 is 0.848 bits per heavy atom. The van der Waals surface area contributed by atoms with Gasteiger partial charge in [-0.15, -0.1) is 0 Å². The van der Waals surface area contributed by atoms with E-state index in [4.69, 9.17) is 0 Å². The maximum Gasteiger partial charge on any atom is 2.00 e. The second-order valence-electron chi connectivity index (χ2n) is 9.58. The van der Waals surface area contributed by atoms with E-state index in [9.17, 15) is 9.59 Å². The molecular weight excluding hydrogens is 664 g/mol. The molecule has 1 aliphatic rings. The number of fused-ring (bicyclic) bond motifs is 3. The SMILES string of the molecule is O=C1C=CC(=O)N1c1cc2cccnc2c2ncccc12.[Ru+2].c1ccc(-c2ccccn2)nc1.c1ccc(-c2ccccn2)nc1. The van der Waals surface area contributed by atoms with E-state index in [0.29, 0.717) is 11.2 Å². The average molecular weight is 689 g/mol. The fourth-order valence-electron chi connectivity index (χ4n) is 4.64. The molecule has 6 aromatic heterocycles. The van der Waals surface area contributed by atoms with Crippen LogP contribution >= 0.6 is 0 Å². The second kappa shape index (κ2) is 15.2. The molecule has 2 amide bonds. The number of carbonyl (C=O) groups excluding carboxylic acids is 2. The van der Waals surface area contributed by atoms with Gasteiger partial charge in [0.2, 0.25) is 0 Å². The van der Waals surface area contributed by atoms with Crippen LogP contribution in [-0.2, 0) is 29.1 Å². The predicted molar refractivity (Wildman–Crippen MR) is 174 cm³/mol. The summed E-state index contributed by atoms with van der Waals surface area (Å²) >= 11 is 0. The zero-order chi connectivity index (χ0) is 30.8. The molecule has 8 rings (SSSR count). The van der Waals surface area contributed by atoms with E-state index in [-0.39, 0.29) is 31.3 Å². The maximum absolute atomic E-state index is 11.9. The monoisotopic (exact) mass is 689 g/mol. The molecule has 0 saturated heterocycles. The first-order chi connectivity index (χ1) is 22.2. The third kappa shape index (κ3) is 7.26. The molecule has 9 nitrogen and oxygen atoms in total. The van der Waals surface area contributed by atoms with E-state index in [1.165, 1.54) is 12.2 Å². The van der Waals surface area contributed by atoms with Gasteiger partial charge in [-0.05, 0) is 72.8 Å². The summed E-state index contributed by atoms with van der Waals surface area (Å²) in [6, 6.07) is 32.3. The minimum absolute atomic E-state index is 0. The topological polar surface area (TPSA) is 115 Å². The van der Waals surface area contributed by atoms with Crippen molar-refractivity contribution in [1.82, 2.24) is 29.9 Å². The van der Waals surface area contributed by atoms with Crippen molar-refractivity contribution in [1.29, 1.82) is 0 Å². The molecule has 0 atom stereocenters. The van der Waals surface area contributed by atoms with Crippen molar-refractivity contribution < 1.29 is 29.1 Å². The fourth-order valence-corrected chi connectivity index (χ4v) is 4.64. The summed E-state index contributed by atoms with van der Waals surface area (Å²) in [4.78, 5) is 50.5. The molecule has 46 heavy (non-hydrogen) atoms. The van der Waals surface area contributed by atoms with Gasteiger partial charge in [0.1, 0.15) is 0 Å². The molecule has 7 heterocycles. The molecule has 1 aromatic carbocycles. The number of hydrogen-bond acceptors (Lipinski definition) is 8. The first-order valence-electron chi connectivity index (χ1n) is 14.0. The first-order valence-corrected chi connectivity index (χ1v) is 14.0. The zero-order valence-electron chi connectivity index (χ0n) is 24.2. The Bertz CT molecular complexity index is 1930. The van der Waals surface area contributed by atoms with Gasteiger partial charge in [-0.2, -0.15) is 0 Å². The van der Waals surface area contributed by atoms with Crippen LogP contribution in [0.5, 0.6) is 0 Å². The quantitative estimate of drug-likeness (QED) is 0.118. The Balaban J connectivity index is 0.000000144. The Morgan fingerprint density at radius 3 is 1.28 bits per heavy atom. The van der Waals surface area contributed by atoms with Gasteiger partial charge in [0.05, 0.1) is 39.5 Å². The molecule has 0 spiro atoms. The van der Waals surface area contributed by atoms with Crippen molar-refractivity contribution in [3.63, 3.8) is 0 Å². The third-order valence-electron chi connectivity index (χ3n) is 6.67. The summed E-state index contributed by atoms with van der Waals surface area (Å²) < 4.78 is 0. The molecule has 0 aliphatic carbocycles. The minimum Gasteiger partial charge on any atom is -0.269 e. The molecule has 1 aliphatic heterocycles. The van der Waals surface area contributed by atoms with Gasteiger partial charge < -0.3 is 0 Å². The van der Waals surface area contributed by atoms with E-state index >= 15 is 0 Å². The molecule has 0 unspecified atom stereocenters. The predicted octanol–water partition coefficient (Wildman–Crippen LogP) is 6.50. The van der Waals surface area contributed by atoms with Crippen molar-refractivity contribution in [3.8, 4) is 22.8 Å². The third-order valence-corrected chi connectivity index (χ3v) is 6.67. The maximum atomic E-state index is 11.9. The summed E-state index contributed by atoms with van der Waals surface area (Å²) in [5, 5.41) is 1.57. The number of benzene rings is 1. The van der Waals surface area contributed by atoms with Crippen molar-refractivity contribution in [2.75, 3.05) is 4.90 Å². The first kappa shape index (κ1) is 31.6. The summed E-state index contributed by atoms with van der Waals surface area (Å²) in [6.07, 6.45) is 13.0. The minimum atomic E-state index is -0.339. The zero-order valence-corrected chi connectivity index (χ0v) is 26.0. The van der Waals surface area contributed by atoms with Gasteiger partial charge in [-0.25, -0.2) is 4.90 Å². The summed E-state index contributed by atoms with van der Waals surface area (Å²) in [5.41, 5.74) is 5.63.